The molecule has 2 rings (SSSR count). The van der Waals surface area contributed by atoms with Crippen LogP contribution in [0.5, 0.6) is 0 Å². The summed E-state index contributed by atoms with van der Waals surface area (Å²) in [5.41, 5.74) is 9.83. The lowest BCUT2D eigenvalue weighted by Gasteiger charge is -2.10. The molecule has 0 saturated heterocycles. The lowest BCUT2D eigenvalue weighted by Crippen LogP contribution is -2.12. The highest BCUT2D eigenvalue weighted by Gasteiger charge is 2.08. The highest BCUT2D eigenvalue weighted by molar-refractivity contribution is 5.25. The molecule has 2 aromatic rings. The van der Waals surface area contributed by atoms with Crippen molar-refractivity contribution in [2.24, 2.45) is 5.73 Å². The van der Waals surface area contributed by atoms with Crippen molar-refractivity contribution >= 4 is 0 Å². The van der Waals surface area contributed by atoms with E-state index in [9.17, 15) is 0 Å². The van der Waals surface area contributed by atoms with Crippen molar-refractivity contribution in [3.8, 4) is 0 Å². The van der Waals surface area contributed by atoms with Gasteiger partial charge in [0.05, 0.1) is 6.20 Å². The van der Waals surface area contributed by atoms with Crippen molar-refractivity contribution in [3.63, 3.8) is 0 Å². The molecule has 90 valence electrons. The van der Waals surface area contributed by atoms with Crippen molar-refractivity contribution in [2.75, 3.05) is 0 Å². The molecule has 0 amide bonds. The molecule has 1 atom stereocenters. The van der Waals surface area contributed by atoms with E-state index in [2.05, 4.69) is 49.4 Å². The quantitative estimate of drug-likeness (QED) is 0.875. The maximum atomic E-state index is 6.19. The molecule has 1 unspecified atom stereocenters. The fraction of sp³-hybridized carbons (Fsp3) is 0.357. The molecule has 3 nitrogen and oxygen atoms in total. The third-order valence-corrected chi connectivity index (χ3v) is 2.97. The first-order valence-electron chi connectivity index (χ1n) is 6.02. The van der Waals surface area contributed by atoms with Crippen LogP contribution in [0.2, 0.25) is 0 Å². The third kappa shape index (κ3) is 2.94. The van der Waals surface area contributed by atoms with Crippen LogP contribution in [0.25, 0.3) is 0 Å². The molecule has 0 aliphatic carbocycles. The molecular formula is C14H19N3. The summed E-state index contributed by atoms with van der Waals surface area (Å²) in [5.74, 6) is 0. The van der Waals surface area contributed by atoms with Crippen molar-refractivity contribution in [1.29, 1.82) is 0 Å². The molecular weight excluding hydrogens is 210 g/mol. The molecule has 0 fully saturated rings. The number of benzene rings is 1. The third-order valence-electron chi connectivity index (χ3n) is 2.97. The van der Waals surface area contributed by atoms with Gasteiger partial charge in [-0.25, -0.2) is 0 Å². The summed E-state index contributed by atoms with van der Waals surface area (Å²) < 4.78 is 1.93. The molecule has 3 heteroatoms. The predicted molar refractivity (Wildman–Crippen MR) is 69.7 cm³/mol. The van der Waals surface area contributed by atoms with E-state index in [1.807, 2.05) is 10.9 Å². The minimum atomic E-state index is 0.0464. The fourth-order valence-electron chi connectivity index (χ4n) is 1.87. The van der Waals surface area contributed by atoms with Gasteiger partial charge in [-0.1, -0.05) is 29.8 Å². The molecule has 0 radical (unpaired) electrons. The summed E-state index contributed by atoms with van der Waals surface area (Å²) in [6.07, 6.45) is 4.80. The van der Waals surface area contributed by atoms with Crippen molar-refractivity contribution in [3.05, 3.63) is 53.3 Å². The Labute approximate surface area is 102 Å². The predicted octanol–water partition coefficient (Wildman–Crippen LogP) is 2.45. The van der Waals surface area contributed by atoms with Crippen LogP contribution in [0.4, 0.5) is 0 Å². The van der Waals surface area contributed by atoms with Crippen LogP contribution < -0.4 is 5.73 Å². The Kier molecular flexibility index (Phi) is 3.59. The standard InChI is InChI=1S/C14H19N3/c1-3-17-10-12(9-16-17)8-14(15)13-6-4-11(2)5-7-13/h4-7,9-10,14H,3,8,15H2,1-2H3. The summed E-state index contributed by atoms with van der Waals surface area (Å²) in [7, 11) is 0. The summed E-state index contributed by atoms with van der Waals surface area (Å²) in [4.78, 5) is 0. The van der Waals surface area contributed by atoms with Crippen LogP contribution >= 0.6 is 0 Å². The monoisotopic (exact) mass is 229 g/mol. The van der Waals surface area contributed by atoms with E-state index in [4.69, 9.17) is 5.73 Å². The number of hydrogen-bond acceptors (Lipinski definition) is 2. The van der Waals surface area contributed by atoms with Gasteiger partial charge in [0.15, 0.2) is 0 Å². The smallest absolute Gasteiger partial charge is 0.0522 e. The zero-order chi connectivity index (χ0) is 12.3. The Bertz CT molecular complexity index is 470. The molecule has 1 aromatic heterocycles. The molecule has 1 heterocycles. The van der Waals surface area contributed by atoms with Crippen LogP contribution in [0.15, 0.2) is 36.7 Å². The fourth-order valence-corrected chi connectivity index (χ4v) is 1.87. The second-order valence-electron chi connectivity index (χ2n) is 4.43. The first kappa shape index (κ1) is 11.9. The summed E-state index contributed by atoms with van der Waals surface area (Å²) in [6.45, 7) is 5.07. The molecule has 0 bridgehead atoms. The van der Waals surface area contributed by atoms with Crippen LogP contribution in [-0.2, 0) is 13.0 Å². The van der Waals surface area contributed by atoms with E-state index in [1.54, 1.807) is 0 Å². The van der Waals surface area contributed by atoms with Gasteiger partial charge in [-0.15, -0.1) is 0 Å². The average molecular weight is 229 g/mol. The number of nitrogens with two attached hydrogens (primary N) is 1. The average Bonchev–Trinajstić information content (AvgIpc) is 2.77. The van der Waals surface area contributed by atoms with Gasteiger partial charge in [0.2, 0.25) is 0 Å². The van der Waals surface area contributed by atoms with Gasteiger partial charge >= 0.3 is 0 Å². The second kappa shape index (κ2) is 5.15. The normalized spacial score (nSPS) is 12.6. The number of rotatable bonds is 4. The lowest BCUT2D eigenvalue weighted by molar-refractivity contribution is 0.657. The van der Waals surface area contributed by atoms with Gasteiger partial charge in [0.25, 0.3) is 0 Å². The Morgan fingerprint density at radius 3 is 2.59 bits per heavy atom. The van der Waals surface area contributed by atoms with Gasteiger partial charge in [0.1, 0.15) is 0 Å². The summed E-state index contributed by atoms with van der Waals surface area (Å²) >= 11 is 0. The Hall–Kier alpha value is -1.61. The first-order chi connectivity index (χ1) is 8.19. The van der Waals surface area contributed by atoms with Crippen LogP contribution in [-0.4, -0.2) is 9.78 Å². The number of hydrogen-bond donors (Lipinski definition) is 1. The van der Waals surface area contributed by atoms with Crippen LogP contribution in [0.1, 0.15) is 29.7 Å². The molecule has 0 saturated carbocycles. The van der Waals surface area contributed by atoms with Crippen LogP contribution in [0.3, 0.4) is 0 Å². The zero-order valence-corrected chi connectivity index (χ0v) is 10.4. The summed E-state index contributed by atoms with van der Waals surface area (Å²) in [5, 5.41) is 4.26. The van der Waals surface area contributed by atoms with E-state index in [-0.39, 0.29) is 6.04 Å². The second-order valence-corrected chi connectivity index (χ2v) is 4.43. The van der Waals surface area contributed by atoms with Gasteiger partial charge in [-0.3, -0.25) is 4.68 Å². The van der Waals surface area contributed by atoms with Crippen molar-refractivity contribution in [1.82, 2.24) is 9.78 Å². The topological polar surface area (TPSA) is 43.8 Å². The highest BCUT2D eigenvalue weighted by atomic mass is 15.3. The van der Waals surface area contributed by atoms with Gasteiger partial charge < -0.3 is 5.73 Å². The largest absolute Gasteiger partial charge is 0.324 e. The molecule has 0 aliphatic rings. The minimum Gasteiger partial charge on any atom is -0.324 e. The molecule has 0 aliphatic heterocycles. The van der Waals surface area contributed by atoms with E-state index in [1.165, 1.54) is 16.7 Å². The zero-order valence-electron chi connectivity index (χ0n) is 10.4. The van der Waals surface area contributed by atoms with Gasteiger partial charge in [0, 0.05) is 18.8 Å². The van der Waals surface area contributed by atoms with Crippen LogP contribution in [0, 0.1) is 6.92 Å². The Morgan fingerprint density at radius 2 is 2.00 bits per heavy atom. The maximum Gasteiger partial charge on any atom is 0.0522 e. The molecule has 2 N–H and O–H groups in total. The SMILES string of the molecule is CCn1cc(CC(N)c2ccc(C)cc2)cn1. The van der Waals surface area contributed by atoms with E-state index < -0.39 is 0 Å². The number of aromatic nitrogens is 2. The van der Waals surface area contributed by atoms with E-state index >= 15 is 0 Å². The van der Waals surface area contributed by atoms with Crippen molar-refractivity contribution in [2.45, 2.75) is 32.9 Å². The van der Waals surface area contributed by atoms with Gasteiger partial charge in [-0.05, 0) is 31.4 Å². The highest BCUT2D eigenvalue weighted by Crippen LogP contribution is 2.16. The lowest BCUT2D eigenvalue weighted by atomic mass is 10.0. The number of nitrogens with zero attached hydrogens (tertiary/aromatic N) is 2. The van der Waals surface area contributed by atoms with E-state index in [0.29, 0.717) is 0 Å². The Morgan fingerprint density at radius 1 is 1.29 bits per heavy atom. The Balaban J connectivity index is 2.05. The minimum absolute atomic E-state index is 0.0464. The molecule has 1 aromatic carbocycles. The molecule has 17 heavy (non-hydrogen) atoms. The number of aryl methyl sites for hydroxylation is 2. The van der Waals surface area contributed by atoms with Gasteiger partial charge in [-0.2, -0.15) is 5.10 Å². The van der Waals surface area contributed by atoms with Crippen molar-refractivity contribution < 1.29 is 0 Å². The molecule has 0 spiro atoms. The summed E-state index contributed by atoms with van der Waals surface area (Å²) in [6, 6.07) is 8.45. The maximum absolute atomic E-state index is 6.19. The van der Waals surface area contributed by atoms with E-state index in [0.717, 1.165) is 13.0 Å². The first-order valence-corrected chi connectivity index (χ1v) is 6.02.